The molecule has 0 spiro atoms. The highest BCUT2D eigenvalue weighted by atomic mass is 16.4. The fourth-order valence-electron chi connectivity index (χ4n) is 2.80. The molecule has 1 aliphatic carbocycles. The second kappa shape index (κ2) is 5.33. The number of hydrogen-bond donors (Lipinski definition) is 2. The van der Waals surface area contributed by atoms with Crippen LogP contribution in [0.2, 0.25) is 0 Å². The molecule has 2 rings (SSSR count). The number of aromatic carboxylic acids is 1. The number of rotatable bonds is 4. The van der Waals surface area contributed by atoms with Gasteiger partial charge in [-0.1, -0.05) is 20.3 Å². The smallest absolute Gasteiger partial charge is 0.358 e. The third kappa shape index (κ3) is 2.44. The van der Waals surface area contributed by atoms with Crippen LogP contribution in [0.25, 0.3) is 0 Å². The van der Waals surface area contributed by atoms with Crippen molar-refractivity contribution in [2.75, 3.05) is 5.32 Å². The second-order valence-corrected chi connectivity index (χ2v) is 4.91. The van der Waals surface area contributed by atoms with Gasteiger partial charge in [-0.25, -0.2) is 14.8 Å². The van der Waals surface area contributed by atoms with E-state index >= 15 is 0 Å². The Balaban J connectivity index is 2.13. The maximum Gasteiger partial charge on any atom is 0.358 e. The number of anilines is 1. The number of nitrogens with zero attached hydrogens (tertiary/aromatic N) is 2. The van der Waals surface area contributed by atoms with E-state index in [0.717, 1.165) is 6.42 Å². The highest BCUT2D eigenvalue weighted by Crippen LogP contribution is 2.35. The Bertz CT molecular complexity index is 436. The molecule has 3 atom stereocenters. The summed E-state index contributed by atoms with van der Waals surface area (Å²) < 4.78 is 0. The molecule has 1 aromatic heterocycles. The number of carboxylic acid groups (broad SMARTS) is 1. The first-order chi connectivity index (χ1) is 8.63. The third-order valence-electron chi connectivity index (χ3n) is 3.97. The van der Waals surface area contributed by atoms with E-state index in [1.54, 1.807) is 0 Å². The average molecular weight is 249 g/mol. The van der Waals surface area contributed by atoms with Crippen LogP contribution < -0.4 is 5.32 Å². The summed E-state index contributed by atoms with van der Waals surface area (Å²) >= 11 is 0. The fourth-order valence-corrected chi connectivity index (χ4v) is 2.80. The molecule has 0 bridgehead atoms. The molecule has 0 radical (unpaired) electrons. The van der Waals surface area contributed by atoms with Crippen molar-refractivity contribution in [3.63, 3.8) is 0 Å². The van der Waals surface area contributed by atoms with Gasteiger partial charge in [0.25, 0.3) is 0 Å². The average Bonchev–Trinajstić information content (AvgIpc) is 2.71. The Morgan fingerprint density at radius 3 is 2.78 bits per heavy atom. The molecule has 18 heavy (non-hydrogen) atoms. The van der Waals surface area contributed by atoms with E-state index in [1.807, 2.05) is 0 Å². The van der Waals surface area contributed by atoms with Crippen molar-refractivity contribution < 1.29 is 9.90 Å². The van der Waals surface area contributed by atoms with Gasteiger partial charge in [0.05, 0.1) is 0 Å². The van der Waals surface area contributed by atoms with Crippen molar-refractivity contribution in [1.82, 2.24) is 9.97 Å². The van der Waals surface area contributed by atoms with Gasteiger partial charge in [-0.15, -0.1) is 0 Å². The number of nitrogens with one attached hydrogen (secondary N) is 1. The Kier molecular flexibility index (Phi) is 3.79. The van der Waals surface area contributed by atoms with Crippen molar-refractivity contribution in [2.45, 2.75) is 39.2 Å². The quantitative estimate of drug-likeness (QED) is 0.857. The normalized spacial score (nSPS) is 27.1. The van der Waals surface area contributed by atoms with Crippen molar-refractivity contribution in [1.29, 1.82) is 0 Å². The predicted molar refractivity (Wildman–Crippen MR) is 68.6 cm³/mol. The second-order valence-electron chi connectivity index (χ2n) is 4.91. The zero-order chi connectivity index (χ0) is 13.1. The molecule has 5 heteroatoms. The van der Waals surface area contributed by atoms with E-state index in [-0.39, 0.29) is 5.69 Å². The van der Waals surface area contributed by atoms with Crippen LogP contribution in [0.15, 0.2) is 12.4 Å². The zero-order valence-corrected chi connectivity index (χ0v) is 10.8. The predicted octanol–water partition coefficient (Wildman–Crippen LogP) is 2.41. The summed E-state index contributed by atoms with van der Waals surface area (Å²) in [7, 11) is 0. The third-order valence-corrected chi connectivity index (χ3v) is 3.97. The summed E-state index contributed by atoms with van der Waals surface area (Å²) in [4.78, 5) is 19.0. The molecule has 1 saturated carbocycles. The van der Waals surface area contributed by atoms with Crippen molar-refractivity contribution >= 4 is 11.8 Å². The van der Waals surface area contributed by atoms with E-state index in [0.29, 0.717) is 23.7 Å². The number of carbonyl (C=O) groups is 1. The van der Waals surface area contributed by atoms with Crippen LogP contribution in [-0.4, -0.2) is 27.1 Å². The number of aromatic nitrogens is 2. The molecule has 0 amide bonds. The largest absolute Gasteiger partial charge is 0.476 e. The highest BCUT2D eigenvalue weighted by molar-refractivity contribution is 5.90. The molecule has 98 valence electrons. The van der Waals surface area contributed by atoms with Crippen molar-refractivity contribution in [3.8, 4) is 0 Å². The molecule has 1 fully saturated rings. The highest BCUT2D eigenvalue weighted by Gasteiger charge is 2.32. The molecule has 1 heterocycles. The van der Waals surface area contributed by atoms with Crippen LogP contribution in [-0.2, 0) is 0 Å². The molecular weight excluding hydrogens is 230 g/mol. The van der Waals surface area contributed by atoms with Crippen LogP contribution in [0.3, 0.4) is 0 Å². The van der Waals surface area contributed by atoms with E-state index < -0.39 is 5.97 Å². The first kappa shape index (κ1) is 12.8. The van der Waals surface area contributed by atoms with Crippen LogP contribution in [0.1, 0.15) is 43.6 Å². The molecular formula is C13H19N3O2. The lowest BCUT2D eigenvalue weighted by Gasteiger charge is -2.21. The SMILES string of the molecule is CCC1CCC(Nc2nccnc2C(=O)O)C1C. The van der Waals surface area contributed by atoms with Gasteiger partial charge in [-0.3, -0.25) is 0 Å². The molecule has 2 N–H and O–H groups in total. The van der Waals surface area contributed by atoms with Crippen LogP contribution >= 0.6 is 0 Å². The van der Waals surface area contributed by atoms with E-state index in [1.165, 1.54) is 25.2 Å². The van der Waals surface area contributed by atoms with E-state index in [4.69, 9.17) is 5.11 Å². The number of hydrogen-bond acceptors (Lipinski definition) is 4. The monoisotopic (exact) mass is 249 g/mol. The van der Waals surface area contributed by atoms with Crippen molar-refractivity contribution in [3.05, 3.63) is 18.1 Å². The first-order valence-electron chi connectivity index (χ1n) is 6.44. The van der Waals surface area contributed by atoms with Gasteiger partial charge in [0.1, 0.15) is 0 Å². The van der Waals surface area contributed by atoms with Gasteiger partial charge in [0.15, 0.2) is 11.5 Å². The fraction of sp³-hybridized carbons (Fsp3) is 0.615. The molecule has 3 unspecified atom stereocenters. The summed E-state index contributed by atoms with van der Waals surface area (Å²) in [5.74, 6) is 0.605. The van der Waals surface area contributed by atoms with Gasteiger partial charge in [0.2, 0.25) is 0 Å². The minimum atomic E-state index is -1.04. The molecule has 0 saturated heterocycles. The lowest BCUT2D eigenvalue weighted by Crippen LogP contribution is -2.26. The minimum Gasteiger partial charge on any atom is -0.476 e. The lowest BCUT2D eigenvalue weighted by atomic mass is 9.93. The van der Waals surface area contributed by atoms with E-state index in [2.05, 4.69) is 29.1 Å². The number of carboxylic acids is 1. The molecule has 5 nitrogen and oxygen atoms in total. The minimum absolute atomic E-state index is 0.00430. The van der Waals surface area contributed by atoms with E-state index in [9.17, 15) is 4.79 Å². The van der Waals surface area contributed by atoms with Gasteiger partial charge < -0.3 is 10.4 Å². The Morgan fingerprint density at radius 2 is 2.17 bits per heavy atom. The summed E-state index contributed by atoms with van der Waals surface area (Å²) in [6.07, 6.45) is 6.35. The lowest BCUT2D eigenvalue weighted by molar-refractivity contribution is 0.0691. The Hall–Kier alpha value is -1.65. The molecule has 1 aromatic rings. The maximum absolute atomic E-state index is 11.1. The van der Waals surface area contributed by atoms with Crippen molar-refractivity contribution in [2.24, 2.45) is 11.8 Å². The standard InChI is InChI=1S/C13H19N3O2/c1-3-9-4-5-10(8(9)2)16-12-11(13(17)18)14-6-7-15-12/h6-10H,3-5H2,1-2H3,(H,15,16)(H,17,18). The first-order valence-corrected chi connectivity index (χ1v) is 6.44. The van der Waals surface area contributed by atoms with Crippen LogP contribution in [0, 0.1) is 11.8 Å². The summed E-state index contributed by atoms with van der Waals surface area (Å²) in [6, 6.07) is 0.296. The van der Waals surface area contributed by atoms with Gasteiger partial charge >= 0.3 is 5.97 Å². The molecule has 0 aliphatic heterocycles. The summed E-state index contributed by atoms with van der Waals surface area (Å²) in [6.45, 7) is 4.42. The zero-order valence-electron chi connectivity index (χ0n) is 10.8. The van der Waals surface area contributed by atoms with Gasteiger partial charge in [0, 0.05) is 18.4 Å². The summed E-state index contributed by atoms with van der Waals surface area (Å²) in [5.41, 5.74) is 0.00430. The Morgan fingerprint density at radius 1 is 1.44 bits per heavy atom. The maximum atomic E-state index is 11.1. The van der Waals surface area contributed by atoms with Gasteiger partial charge in [-0.05, 0) is 24.7 Å². The summed E-state index contributed by atoms with van der Waals surface area (Å²) in [5, 5.41) is 12.3. The molecule has 1 aliphatic rings. The van der Waals surface area contributed by atoms with Crippen LogP contribution in [0.5, 0.6) is 0 Å². The Labute approximate surface area is 107 Å². The molecule has 0 aromatic carbocycles. The van der Waals surface area contributed by atoms with Crippen LogP contribution in [0.4, 0.5) is 5.82 Å². The topological polar surface area (TPSA) is 75.1 Å². The van der Waals surface area contributed by atoms with Gasteiger partial charge in [-0.2, -0.15) is 0 Å².